The fourth-order valence-electron chi connectivity index (χ4n) is 2.89. The van der Waals surface area contributed by atoms with Gasteiger partial charge in [-0.2, -0.15) is 0 Å². The molecule has 1 aromatic heterocycles. The molecule has 7 nitrogen and oxygen atoms in total. The number of amides is 1. The monoisotopic (exact) mass is 311 g/mol. The maximum atomic E-state index is 12.6. The van der Waals surface area contributed by atoms with Gasteiger partial charge in [0.15, 0.2) is 5.13 Å². The Balaban J connectivity index is 1.78. The molecular weight excluding hydrogens is 290 g/mol. The molecule has 8 heteroatoms. The zero-order chi connectivity index (χ0) is 14.8. The molecule has 0 spiro atoms. The molecule has 3 rings (SSSR count). The summed E-state index contributed by atoms with van der Waals surface area (Å²) in [5, 5.41) is 13.5. The van der Waals surface area contributed by atoms with Crippen LogP contribution >= 0.6 is 11.3 Å². The van der Waals surface area contributed by atoms with E-state index in [1.807, 2.05) is 0 Å². The second-order valence-electron chi connectivity index (χ2n) is 5.43. The van der Waals surface area contributed by atoms with Gasteiger partial charge in [-0.1, -0.05) is 11.3 Å². The topological polar surface area (TPSA) is 94.7 Å². The fraction of sp³-hybridized carbons (Fsp3) is 0.692. The van der Waals surface area contributed by atoms with Gasteiger partial charge in [-0.15, -0.1) is 0 Å². The summed E-state index contributed by atoms with van der Waals surface area (Å²) in [4.78, 5) is 21.4. The average molecular weight is 311 g/mol. The number of piperazine rings is 1. The normalized spacial score (nSPS) is 22.8. The molecule has 4 N–H and O–H groups in total. The molecule has 0 aromatic carbocycles. The number of aromatic nitrogens is 1. The number of carbonyl (C=O) groups is 1. The third-order valence-corrected chi connectivity index (χ3v) is 5.19. The van der Waals surface area contributed by atoms with Gasteiger partial charge in [0.25, 0.3) is 5.91 Å². The molecule has 1 amide bonds. The summed E-state index contributed by atoms with van der Waals surface area (Å²) in [7, 11) is 0. The summed E-state index contributed by atoms with van der Waals surface area (Å²) in [6.45, 7) is 4.29. The number of nitrogens with two attached hydrogens (primary N) is 1. The summed E-state index contributed by atoms with van der Waals surface area (Å²) in [6.07, 6.45) is 1.78. The zero-order valence-electron chi connectivity index (χ0n) is 11.9. The zero-order valence-corrected chi connectivity index (χ0v) is 12.7. The second-order valence-corrected chi connectivity index (χ2v) is 6.40. The molecule has 2 aliphatic rings. The van der Waals surface area contributed by atoms with Crippen molar-refractivity contribution in [3.63, 3.8) is 0 Å². The quantitative estimate of drug-likeness (QED) is 0.711. The van der Waals surface area contributed by atoms with Crippen molar-refractivity contribution in [3.8, 4) is 0 Å². The largest absolute Gasteiger partial charge is 0.394 e. The summed E-state index contributed by atoms with van der Waals surface area (Å²) in [5.41, 5.74) is 5.95. The van der Waals surface area contributed by atoms with Gasteiger partial charge in [0, 0.05) is 32.7 Å². The average Bonchev–Trinajstić information content (AvgIpc) is 3.13. The van der Waals surface area contributed by atoms with Gasteiger partial charge in [0.2, 0.25) is 0 Å². The van der Waals surface area contributed by atoms with Crippen LogP contribution in [0.5, 0.6) is 0 Å². The van der Waals surface area contributed by atoms with Crippen LogP contribution in [0.1, 0.15) is 22.5 Å². The van der Waals surface area contributed by atoms with Gasteiger partial charge < -0.3 is 26.0 Å². The Morgan fingerprint density at radius 2 is 2.19 bits per heavy atom. The van der Waals surface area contributed by atoms with Crippen molar-refractivity contribution in [3.05, 3.63) is 4.88 Å². The van der Waals surface area contributed by atoms with Gasteiger partial charge in [0.1, 0.15) is 10.7 Å². The summed E-state index contributed by atoms with van der Waals surface area (Å²) < 4.78 is 0. The highest BCUT2D eigenvalue weighted by molar-refractivity contribution is 7.18. The summed E-state index contributed by atoms with van der Waals surface area (Å²) in [5.74, 6) is 0.213. The number of carbonyl (C=O) groups excluding carboxylic acids is 1. The smallest absolute Gasteiger partial charge is 0.268 e. The van der Waals surface area contributed by atoms with Crippen LogP contribution in [0.4, 0.5) is 10.9 Å². The van der Waals surface area contributed by atoms with E-state index in [0.29, 0.717) is 17.2 Å². The van der Waals surface area contributed by atoms with Crippen LogP contribution in [0, 0.1) is 0 Å². The number of rotatable bonds is 3. The first kappa shape index (κ1) is 14.6. The minimum absolute atomic E-state index is 0.00903. The lowest BCUT2D eigenvalue weighted by Crippen LogP contribution is -2.43. The molecule has 21 heavy (non-hydrogen) atoms. The number of nitrogen functional groups attached to an aromatic ring is 1. The van der Waals surface area contributed by atoms with Crippen LogP contribution in [-0.4, -0.2) is 66.3 Å². The van der Waals surface area contributed by atoms with Crippen LogP contribution in [0.3, 0.4) is 0 Å². The first-order chi connectivity index (χ1) is 10.2. The molecule has 0 aliphatic carbocycles. The molecule has 1 atom stereocenters. The van der Waals surface area contributed by atoms with Crippen molar-refractivity contribution in [1.29, 1.82) is 0 Å². The van der Waals surface area contributed by atoms with Gasteiger partial charge in [-0.05, 0) is 12.8 Å². The molecular formula is C13H21N5O2S. The van der Waals surface area contributed by atoms with E-state index in [1.54, 1.807) is 4.90 Å². The lowest BCUT2D eigenvalue weighted by Gasteiger charge is -2.26. The number of thiazole rings is 1. The first-order valence-corrected chi connectivity index (χ1v) is 8.16. The predicted octanol–water partition coefficient (Wildman–Crippen LogP) is -0.268. The van der Waals surface area contributed by atoms with Gasteiger partial charge in [0.05, 0.1) is 12.6 Å². The minimum Gasteiger partial charge on any atom is -0.394 e. The fourth-order valence-corrected chi connectivity index (χ4v) is 3.88. The number of aliphatic hydroxyl groups excluding tert-OH is 1. The number of nitrogens with zero attached hydrogens (tertiary/aromatic N) is 3. The highest BCUT2D eigenvalue weighted by atomic mass is 32.1. The Hall–Kier alpha value is -1.38. The molecule has 0 bridgehead atoms. The molecule has 2 saturated heterocycles. The van der Waals surface area contributed by atoms with Gasteiger partial charge in [-0.3, -0.25) is 4.79 Å². The van der Waals surface area contributed by atoms with Crippen molar-refractivity contribution < 1.29 is 9.90 Å². The Bertz CT molecular complexity index is 515. The molecule has 0 radical (unpaired) electrons. The Morgan fingerprint density at radius 3 is 2.90 bits per heavy atom. The van der Waals surface area contributed by atoms with E-state index in [-0.39, 0.29) is 18.6 Å². The lowest BCUT2D eigenvalue weighted by molar-refractivity contribution is 0.0683. The van der Waals surface area contributed by atoms with E-state index in [4.69, 9.17) is 5.73 Å². The molecule has 2 aliphatic heterocycles. The Kier molecular flexibility index (Phi) is 4.27. The number of hydrogen-bond donors (Lipinski definition) is 3. The van der Waals surface area contributed by atoms with Crippen molar-refractivity contribution in [1.82, 2.24) is 15.2 Å². The second kappa shape index (κ2) is 6.17. The van der Waals surface area contributed by atoms with E-state index in [0.717, 1.165) is 44.2 Å². The standard InChI is InChI=1S/C13H21N5O2S/c14-11-10(12(20)18-5-1-2-9(18)8-19)21-13(16-11)17-6-3-15-4-7-17/h9,15,19H,1-8,14H2. The van der Waals surface area contributed by atoms with Crippen molar-refractivity contribution >= 4 is 28.2 Å². The molecule has 116 valence electrons. The third-order valence-electron chi connectivity index (χ3n) is 4.07. The third kappa shape index (κ3) is 2.83. The highest BCUT2D eigenvalue weighted by Crippen LogP contribution is 2.31. The SMILES string of the molecule is Nc1nc(N2CCNCC2)sc1C(=O)N1CCCC1CO. The van der Waals surface area contributed by atoms with Crippen LogP contribution in [-0.2, 0) is 0 Å². The maximum absolute atomic E-state index is 12.6. The number of aliphatic hydroxyl groups is 1. The minimum atomic E-state index is -0.0945. The van der Waals surface area contributed by atoms with E-state index < -0.39 is 0 Å². The number of nitrogens with one attached hydrogen (secondary N) is 1. The van der Waals surface area contributed by atoms with E-state index in [1.165, 1.54) is 11.3 Å². The molecule has 0 saturated carbocycles. The van der Waals surface area contributed by atoms with E-state index >= 15 is 0 Å². The van der Waals surface area contributed by atoms with Crippen LogP contribution < -0.4 is 16.0 Å². The van der Waals surface area contributed by atoms with Crippen LogP contribution in [0.25, 0.3) is 0 Å². The lowest BCUT2D eigenvalue weighted by atomic mass is 10.2. The van der Waals surface area contributed by atoms with Crippen molar-refractivity contribution in [2.24, 2.45) is 0 Å². The van der Waals surface area contributed by atoms with Gasteiger partial charge in [-0.25, -0.2) is 4.98 Å². The van der Waals surface area contributed by atoms with Crippen LogP contribution in [0.2, 0.25) is 0 Å². The number of hydrogen-bond acceptors (Lipinski definition) is 7. The maximum Gasteiger partial charge on any atom is 0.268 e. The molecule has 1 aromatic rings. The van der Waals surface area contributed by atoms with Crippen molar-refractivity contribution in [2.45, 2.75) is 18.9 Å². The first-order valence-electron chi connectivity index (χ1n) is 7.34. The molecule has 3 heterocycles. The molecule has 2 fully saturated rings. The van der Waals surface area contributed by atoms with Crippen molar-refractivity contribution in [2.75, 3.05) is 50.0 Å². The predicted molar refractivity (Wildman–Crippen MR) is 82.8 cm³/mol. The number of anilines is 2. The summed E-state index contributed by atoms with van der Waals surface area (Å²) in [6, 6.07) is -0.0818. The van der Waals surface area contributed by atoms with E-state index in [2.05, 4.69) is 15.2 Å². The highest BCUT2D eigenvalue weighted by Gasteiger charge is 2.32. The van der Waals surface area contributed by atoms with Crippen LogP contribution in [0.15, 0.2) is 0 Å². The Morgan fingerprint density at radius 1 is 1.43 bits per heavy atom. The van der Waals surface area contributed by atoms with E-state index in [9.17, 15) is 9.90 Å². The Labute approximate surface area is 127 Å². The summed E-state index contributed by atoms with van der Waals surface area (Å²) >= 11 is 1.36. The molecule has 1 unspecified atom stereocenters. The van der Waals surface area contributed by atoms with Gasteiger partial charge >= 0.3 is 0 Å². The number of likely N-dealkylation sites (tertiary alicyclic amines) is 1.